The van der Waals surface area contributed by atoms with Gasteiger partial charge in [-0.1, -0.05) is 0 Å². The minimum atomic E-state index is -4.61. The van der Waals surface area contributed by atoms with Crippen LogP contribution in [-0.4, -0.2) is 19.3 Å². The fourth-order valence-electron chi connectivity index (χ4n) is 1.41. The Morgan fingerprint density at radius 1 is 1.55 bits per heavy atom. The maximum absolute atomic E-state index is 12.2. The molecule has 5 nitrogen and oxygen atoms in total. The van der Waals surface area contributed by atoms with Crippen molar-refractivity contribution in [3.8, 4) is 11.8 Å². The molecule has 22 heavy (non-hydrogen) atoms. The van der Waals surface area contributed by atoms with E-state index in [1.807, 2.05) is 0 Å². The Balaban J connectivity index is 3.20. The van der Waals surface area contributed by atoms with Crippen molar-refractivity contribution >= 4 is 21.9 Å². The molecule has 0 saturated carbocycles. The number of alkyl halides is 3. The summed E-state index contributed by atoms with van der Waals surface area (Å²) < 4.78 is 43.0. The quantitative estimate of drug-likeness (QED) is 0.498. The number of hydrogen-bond acceptors (Lipinski definition) is 5. The van der Waals surface area contributed by atoms with Gasteiger partial charge in [-0.3, -0.25) is 0 Å². The third-order valence-electron chi connectivity index (χ3n) is 2.19. The Morgan fingerprint density at radius 3 is 2.59 bits per heavy atom. The van der Waals surface area contributed by atoms with E-state index in [1.54, 1.807) is 26.0 Å². The van der Waals surface area contributed by atoms with Gasteiger partial charge >= 0.3 is 140 Å². The summed E-state index contributed by atoms with van der Waals surface area (Å²) in [7, 11) is 0. The summed E-state index contributed by atoms with van der Waals surface area (Å²) in [6, 6.07) is 1.67. The Hall–Kier alpha value is -1.52. The molecule has 0 atom stereocenters. The predicted octanol–water partition coefficient (Wildman–Crippen LogP) is 2.93. The molecule has 118 valence electrons. The SMILES string of the molecule is C=C(C)/C=C(/C)[C](=[W])n1nc(C#N)c(OSC(F)(F)F)c1N. The van der Waals surface area contributed by atoms with Crippen molar-refractivity contribution in [2.24, 2.45) is 0 Å². The van der Waals surface area contributed by atoms with Crippen molar-refractivity contribution in [2.75, 3.05) is 5.73 Å². The van der Waals surface area contributed by atoms with Crippen LogP contribution in [0.25, 0.3) is 0 Å². The summed E-state index contributed by atoms with van der Waals surface area (Å²) >= 11 is 0.230. The summed E-state index contributed by atoms with van der Waals surface area (Å²) in [5, 5.41) is 12.9. The number of hydrogen-bond donors (Lipinski definition) is 1. The van der Waals surface area contributed by atoms with Crippen molar-refractivity contribution in [1.29, 1.82) is 5.26 Å². The van der Waals surface area contributed by atoms with Gasteiger partial charge in [-0.25, -0.2) is 0 Å². The Kier molecular flexibility index (Phi) is 6.03. The van der Waals surface area contributed by atoms with Gasteiger partial charge in [0.25, 0.3) is 0 Å². The van der Waals surface area contributed by atoms with Gasteiger partial charge < -0.3 is 0 Å². The van der Waals surface area contributed by atoms with Gasteiger partial charge in [0, 0.05) is 0 Å². The fraction of sp³-hybridized carbons (Fsp3) is 0.250. The van der Waals surface area contributed by atoms with E-state index in [-0.39, 0.29) is 11.5 Å². The molecule has 0 saturated heterocycles. The normalized spacial score (nSPS) is 11.9. The molecule has 0 spiro atoms. The first-order valence-corrected chi connectivity index (χ1v) is 7.87. The Morgan fingerprint density at radius 2 is 2.14 bits per heavy atom. The second-order valence-electron chi connectivity index (χ2n) is 4.18. The monoisotopic (exact) mass is 500 g/mol. The van der Waals surface area contributed by atoms with Crippen LogP contribution in [0.3, 0.4) is 0 Å². The minimum absolute atomic E-state index is 0.159. The van der Waals surface area contributed by atoms with Gasteiger partial charge in [-0.05, 0) is 0 Å². The van der Waals surface area contributed by atoms with Gasteiger partial charge in [0.15, 0.2) is 0 Å². The zero-order chi connectivity index (χ0) is 17.1. The van der Waals surface area contributed by atoms with Crippen LogP contribution in [0, 0.1) is 11.3 Å². The number of anilines is 1. The summed E-state index contributed by atoms with van der Waals surface area (Å²) in [6.45, 7) is 7.33. The first-order valence-electron chi connectivity index (χ1n) is 5.66. The number of nitrogen functional groups attached to an aromatic ring is 1. The molecule has 0 aliphatic heterocycles. The number of aromatic nitrogens is 2. The standard InChI is InChI=1S/C12H11F3N4OS.W/c1-7(2)4-8(3)6-19-11(17)10(9(5-16)18-19)20-21-12(13,14)15;/h4H,1,17H2,2-3H3;/b8-4-;. The molecule has 0 unspecified atom stereocenters. The maximum atomic E-state index is 12.2. The zero-order valence-electron chi connectivity index (χ0n) is 11.6. The molecule has 1 aromatic rings. The number of allylic oxidation sites excluding steroid dienone is 3. The Bertz CT molecular complexity index is 688. The van der Waals surface area contributed by atoms with Crippen LogP contribution in [0.1, 0.15) is 19.5 Å². The van der Waals surface area contributed by atoms with Crippen molar-refractivity contribution in [3.05, 3.63) is 29.5 Å². The van der Waals surface area contributed by atoms with Crippen LogP contribution in [0.4, 0.5) is 19.0 Å². The topological polar surface area (TPSA) is 76.9 Å². The van der Waals surface area contributed by atoms with Gasteiger partial charge in [0.1, 0.15) is 0 Å². The zero-order valence-corrected chi connectivity index (χ0v) is 15.3. The van der Waals surface area contributed by atoms with Crippen molar-refractivity contribution in [1.82, 2.24) is 9.78 Å². The van der Waals surface area contributed by atoms with Crippen LogP contribution >= 0.6 is 12.0 Å². The second kappa shape index (κ2) is 7.16. The average molecular weight is 500 g/mol. The molecular weight excluding hydrogens is 489 g/mol. The van der Waals surface area contributed by atoms with E-state index in [2.05, 4.69) is 15.9 Å². The van der Waals surface area contributed by atoms with Gasteiger partial charge in [-0.2, -0.15) is 0 Å². The molecule has 1 heterocycles. The molecule has 10 heteroatoms. The number of nitrogens with zero attached hydrogens (tertiary/aromatic N) is 3. The van der Waals surface area contributed by atoms with E-state index in [4.69, 9.17) is 11.0 Å². The molecule has 0 aliphatic rings. The predicted molar refractivity (Wildman–Crippen MR) is 74.6 cm³/mol. The van der Waals surface area contributed by atoms with Crippen LogP contribution in [-0.2, 0) is 19.4 Å². The van der Waals surface area contributed by atoms with Crippen molar-refractivity contribution in [3.63, 3.8) is 0 Å². The van der Waals surface area contributed by atoms with E-state index >= 15 is 0 Å². The summed E-state index contributed by atoms with van der Waals surface area (Å²) in [5.41, 5.74) is 2.43. The van der Waals surface area contributed by atoms with Crippen molar-refractivity contribution < 1.29 is 36.7 Å². The fourth-order valence-corrected chi connectivity index (χ4v) is 2.47. The van der Waals surface area contributed by atoms with Gasteiger partial charge in [-0.15, -0.1) is 0 Å². The second-order valence-corrected chi connectivity index (χ2v) is 6.36. The number of halogens is 3. The van der Waals surface area contributed by atoms with E-state index < -0.39 is 23.3 Å². The molecule has 0 fully saturated rings. The van der Waals surface area contributed by atoms with Crippen LogP contribution in [0.2, 0.25) is 0 Å². The van der Waals surface area contributed by atoms with E-state index in [9.17, 15) is 13.2 Å². The molecule has 2 N–H and O–H groups in total. The van der Waals surface area contributed by atoms with Crippen LogP contribution < -0.4 is 9.92 Å². The van der Waals surface area contributed by atoms with Crippen LogP contribution in [0.15, 0.2) is 23.8 Å². The summed E-state index contributed by atoms with van der Waals surface area (Å²) in [4.78, 5) is 0. The molecule has 0 radical (unpaired) electrons. The number of nitriles is 1. The number of nitrogens with two attached hydrogens (primary N) is 1. The third kappa shape index (κ3) is 4.75. The summed E-state index contributed by atoms with van der Waals surface area (Å²) in [6.07, 6.45) is 1.78. The van der Waals surface area contributed by atoms with Crippen LogP contribution in [0.5, 0.6) is 5.75 Å². The third-order valence-corrected chi connectivity index (χ3v) is 4.41. The van der Waals surface area contributed by atoms with Crippen molar-refractivity contribution in [2.45, 2.75) is 19.4 Å². The average Bonchev–Trinajstić information content (AvgIpc) is 2.70. The van der Waals surface area contributed by atoms with Gasteiger partial charge in [0.2, 0.25) is 0 Å². The molecular formula is C12H11F3N4OSW. The van der Waals surface area contributed by atoms with Gasteiger partial charge in [0.05, 0.1) is 0 Å². The molecule has 0 aromatic carbocycles. The van der Waals surface area contributed by atoms with E-state index in [0.29, 0.717) is 4.02 Å². The first-order chi connectivity index (χ1) is 10.1. The molecule has 0 amide bonds. The molecule has 0 bridgehead atoms. The van der Waals surface area contributed by atoms with E-state index in [0.717, 1.165) is 30.5 Å². The summed E-state index contributed by atoms with van der Waals surface area (Å²) in [5.74, 6) is -0.556. The van der Waals surface area contributed by atoms with E-state index in [1.165, 1.54) is 4.68 Å². The molecule has 1 aromatic heterocycles. The molecule has 0 aliphatic carbocycles. The number of rotatable bonds is 5. The molecule has 1 rings (SSSR count). The Labute approximate surface area is 140 Å². The first kappa shape index (κ1) is 18.5.